The number of ether oxygens (including phenoxy) is 5. The van der Waals surface area contributed by atoms with Gasteiger partial charge in [0.15, 0.2) is 5.78 Å². The van der Waals surface area contributed by atoms with E-state index in [0.29, 0.717) is 64.2 Å². The second-order valence-electron chi connectivity index (χ2n) is 19.6. The molecule has 0 aromatic heterocycles. The number of methoxy groups -OCH3 is 3. The molecule has 3 aliphatic heterocycles. The highest BCUT2D eigenvalue weighted by Gasteiger charge is 2.53. The van der Waals surface area contributed by atoms with Crippen molar-refractivity contribution in [3.05, 3.63) is 47.6 Å². The minimum atomic E-state index is -2.45. The first kappa shape index (κ1) is 55.2. The smallest absolute Gasteiger partial charge is 0.329 e. The molecule has 4 N–H and O–H groups in total. The summed E-state index contributed by atoms with van der Waals surface area (Å²) in [4.78, 5) is 71.8. The van der Waals surface area contributed by atoms with E-state index >= 15 is 0 Å². The van der Waals surface area contributed by atoms with Gasteiger partial charge in [-0.3, -0.25) is 19.2 Å². The second-order valence-corrected chi connectivity index (χ2v) is 19.6. The molecule has 0 spiro atoms. The molecule has 3 fully saturated rings. The third-order valence-electron chi connectivity index (χ3n) is 14.5. The summed E-state index contributed by atoms with van der Waals surface area (Å²) in [6, 6.07) is -1.17. The van der Waals surface area contributed by atoms with E-state index in [0.717, 1.165) is 5.57 Å². The molecule has 0 aromatic rings. The molecule has 15 nitrogen and oxygen atoms in total. The van der Waals surface area contributed by atoms with Crippen LogP contribution >= 0.6 is 0 Å². The Bertz CT molecular complexity index is 1770. The van der Waals surface area contributed by atoms with Crippen LogP contribution in [-0.4, -0.2) is 144 Å². The van der Waals surface area contributed by atoms with Gasteiger partial charge in [0.1, 0.15) is 30.1 Å². The molecule has 3 heterocycles. The fourth-order valence-electron chi connectivity index (χ4n) is 10.1. The van der Waals surface area contributed by atoms with Gasteiger partial charge in [-0.15, -0.1) is 0 Å². The van der Waals surface area contributed by atoms with Crippen LogP contribution in [0.1, 0.15) is 119 Å². The topological polar surface area (TPSA) is 216 Å². The van der Waals surface area contributed by atoms with Gasteiger partial charge >= 0.3 is 5.97 Å². The number of fused-ring (bicyclic) bond motifs is 3. The number of carbonyl (C=O) groups excluding carboxylic acids is 5. The van der Waals surface area contributed by atoms with E-state index < -0.39 is 90.5 Å². The third-order valence-corrected chi connectivity index (χ3v) is 14.5. The lowest BCUT2D eigenvalue weighted by Crippen LogP contribution is -2.61. The first-order chi connectivity index (χ1) is 31.3. The van der Waals surface area contributed by atoms with Crippen LogP contribution in [0.5, 0.6) is 0 Å². The van der Waals surface area contributed by atoms with Crippen molar-refractivity contribution in [3.8, 4) is 0 Å². The van der Waals surface area contributed by atoms with Crippen LogP contribution in [0.3, 0.4) is 0 Å². The van der Waals surface area contributed by atoms with Crippen molar-refractivity contribution in [1.29, 1.82) is 0 Å². The highest BCUT2D eigenvalue weighted by molar-refractivity contribution is 6.39. The standard InChI is InChI=1S/C51H79NO14/c1-30-15-11-10-12-16-31(2)42(62-7)27-38-20-18-35(6)51(61,66-38)48(58)49(59)52-22-14-13-17-39(52)50(60)65-43(33(4)24-36-19-21-40(54)44(26-36)63-8)28-41(55)32(3)25-37(29-53)46(57)47(64-9)45(56)34(5)23-30/h10-12,15-16,25,30,32-36,38-40,42-44,46-47,53-54,57,61H,13-14,17-24,26-29H2,1-9H3/b12-10+,15-11+,31-16+,37-25+/t30-,32-,33-,34?,35-,36+,38+,39+,40-,42+,43+,44-,46-,47+,51-/m1/s1. The van der Waals surface area contributed by atoms with Crippen LogP contribution in [0.25, 0.3) is 0 Å². The molecular weight excluding hydrogens is 851 g/mol. The summed E-state index contributed by atoms with van der Waals surface area (Å²) < 4.78 is 29.3. The zero-order valence-electron chi connectivity index (χ0n) is 40.8. The van der Waals surface area contributed by atoms with Gasteiger partial charge in [-0.2, -0.15) is 0 Å². The maximum absolute atomic E-state index is 14.4. The molecule has 0 aromatic carbocycles. The summed E-state index contributed by atoms with van der Waals surface area (Å²) in [6.45, 7) is 10.2. The Balaban J connectivity index is 1.72. The van der Waals surface area contributed by atoms with Crippen molar-refractivity contribution in [1.82, 2.24) is 4.90 Å². The largest absolute Gasteiger partial charge is 0.460 e. The molecule has 4 rings (SSSR count). The van der Waals surface area contributed by atoms with E-state index in [9.17, 15) is 44.4 Å². The number of hydrogen-bond acceptors (Lipinski definition) is 14. The molecule has 0 radical (unpaired) electrons. The first-order valence-corrected chi connectivity index (χ1v) is 24.1. The van der Waals surface area contributed by atoms with Crippen LogP contribution in [-0.2, 0) is 47.7 Å². The number of allylic oxidation sites excluding steroid dienone is 6. The average molecular weight is 930 g/mol. The van der Waals surface area contributed by atoms with Gasteiger partial charge in [-0.25, -0.2) is 4.79 Å². The molecule has 66 heavy (non-hydrogen) atoms. The number of ketones is 3. The molecule has 2 saturated heterocycles. The van der Waals surface area contributed by atoms with E-state index in [1.54, 1.807) is 35.0 Å². The minimum Gasteiger partial charge on any atom is -0.460 e. The van der Waals surface area contributed by atoms with Crippen LogP contribution in [0, 0.1) is 35.5 Å². The van der Waals surface area contributed by atoms with Gasteiger partial charge in [0.05, 0.1) is 31.0 Å². The first-order valence-electron chi connectivity index (χ1n) is 24.1. The highest BCUT2D eigenvalue weighted by atomic mass is 16.6. The Morgan fingerprint density at radius 2 is 1.61 bits per heavy atom. The predicted octanol–water partition coefficient (Wildman–Crippen LogP) is 5.15. The number of esters is 1. The zero-order valence-corrected chi connectivity index (χ0v) is 40.8. The van der Waals surface area contributed by atoms with E-state index in [1.165, 1.54) is 18.1 Å². The number of carbonyl (C=O) groups is 5. The number of aliphatic hydroxyl groups is 4. The van der Waals surface area contributed by atoms with Crippen LogP contribution < -0.4 is 0 Å². The molecular formula is C51H79NO14. The molecule has 1 aliphatic carbocycles. The number of rotatable bonds is 7. The Labute approximate surface area is 392 Å². The third kappa shape index (κ3) is 14.3. The van der Waals surface area contributed by atoms with E-state index in [1.807, 2.05) is 51.2 Å². The Morgan fingerprint density at radius 1 is 0.879 bits per heavy atom. The van der Waals surface area contributed by atoms with Gasteiger partial charge in [0, 0.05) is 58.5 Å². The van der Waals surface area contributed by atoms with Crippen LogP contribution in [0.15, 0.2) is 47.6 Å². The van der Waals surface area contributed by atoms with Gasteiger partial charge in [0.25, 0.3) is 11.7 Å². The van der Waals surface area contributed by atoms with Gasteiger partial charge in [-0.1, -0.05) is 71.1 Å². The van der Waals surface area contributed by atoms with Gasteiger partial charge < -0.3 is 49.0 Å². The van der Waals surface area contributed by atoms with Crippen molar-refractivity contribution >= 4 is 29.2 Å². The summed E-state index contributed by atoms with van der Waals surface area (Å²) in [5.41, 5.74) is 0.893. The number of nitrogens with zero attached hydrogens (tertiary/aromatic N) is 1. The van der Waals surface area contributed by atoms with Crippen molar-refractivity contribution in [2.75, 3.05) is 34.5 Å². The van der Waals surface area contributed by atoms with E-state index in [4.69, 9.17) is 23.7 Å². The second kappa shape index (κ2) is 25.8. The molecule has 15 heteroatoms. The maximum atomic E-state index is 14.4. The Morgan fingerprint density at radius 3 is 2.27 bits per heavy atom. The van der Waals surface area contributed by atoms with Crippen molar-refractivity contribution in [3.63, 3.8) is 0 Å². The molecule has 4 aliphatic rings. The molecule has 15 atom stereocenters. The van der Waals surface area contributed by atoms with Crippen LogP contribution in [0.4, 0.5) is 0 Å². The molecule has 1 saturated carbocycles. The molecule has 1 unspecified atom stereocenters. The Kier molecular flexibility index (Phi) is 21.6. The van der Waals surface area contributed by atoms with Gasteiger partial charge in [-0.05, 0) is 100 Å². The molecule has 1 amide bonds. The number of hydrogen-bond donors (Lipinski definition) is 4. The van der Waals surface area contributed by atoms with Gasteiger partial charge in [0.2, 0.25) is 5.79 Å². The SMILES string of the molecule is CO[C@H]1C[C@@H]2CC[C@@H](C)[C@@](O)(O2)C(=O)C(=O)N2CCCC[C@H]2C(=O)O[C@H]([C@H](C)C[C@@H]2CC[C@@H](O)[C@H](OC)C2)CC(=O)[C@H](C)/C=C(\CO)[C@@H](O)[C@@H](OC)C(=O)C(C)C[C@H](C)/C=C/C=C/C=C/1C. The van der Waals surface area contributed by atoms with Crippen molar-refractivity contribution in [2.45, 2.75) is 173 Å². The summed E-state index contributed by atoms with van der Waals surface area (Å²) in [5, 5.41) is 44.3. The van der Waals surface area contributed by atoms with E-state index in [-0.39, 0.29) is 60.4 Å². The summed E-state index contributed by atoms with van der Waals surface area (Å²) in [6.07, 6.45) is 9.97. The normalized spacial score (nSPS) is 40.0. The number of Topliss-reactive ketones (excluding diaryl/α,β-unsaturated/α-hetero) is 3. The number of piperidine rings is 1. The van der Waals surface area contributed by atoms with E-state index in [2.05, 4.69) is 0 Å². The fraction of sp³-hybridized carbons (Fsp3) is 0.745. The maximum Gasteiger partial charge on any atom is 0.329 e. The molecule has 372 valence electrons. The lowest BCUT2D eigenvalue weighted by atomic mass is 9.78. The Hall–Kier alpha value is -3.41. The predicted molar refractivity (Wildman–Crippen MR) is 247 cm³/mol. The monoisotopic (exact) mass is 930 g/mol. The quantitative estimate of drug-likeness (QED) is 0.148. The molecule has 2 bridgehead atoms. The van der Waals surface area contributed by atoms with Crippen molar-refractivity contribution in [2.24, 2.45) is 35.5 Å². The average Bonchev–Trinajstić information content (AvgIpc) is 3.30. The van der Waals surface area contributed by atoms with Crippen LogP contribution in [0.2, 0.25) is 0 Å². The number of amides is 1. The number of aliphatic hydroxyl groups excluding tert-OH is 3. The number of cyclic esters (lactones) is 1. The van der Waals surface area contributed by atoms with Crippen molar-refractivity contribution < 1.29 is 68.1 Å². The summed E-state index contributed by atoms with van der Waals surface area (Å²) in [7, 11) is 4.43. The lowest BCUT2D eigenvalue weighted by molar-refractivity contribution is -0.265. The zero-order chi connectivity index (χ0) is 48.9. The highest BCUT2D eigenvalue weighted by Crippen LogP contribution is 2.38. The lowest BCUT2D eigenvalue weighted by Gasteiger charge is -2.42. The minimum absolute atomic E-state index is 0.0302. The fourth-order valence-corrected chi connectivity index (χ4v) is 10.1. The summed E-state index contributed by atoms with van der Waals surface area (Å²) in [5.74, 6) is -8.64. The summed E-state index contributed by atoms with van der Waals surface area (Å²) >= 11 is 0.